The minimum atomic E-state index is -0.852. The van der Waals surface area contributed by atoms with E-state index < -0.39 is 11.8 Å². The Labute approximate surface area is 123 Å². The third kappa shape index (κ3) is 4.03. The number of piperidine rings is 1. The van der Waals surface area contributed by atoms with Gasteiger partial charge >= 0.3 is 5.97 Å². The summed E-state index contributed by atoms with van der Waals surface area (Å²) in [7, 11) is 0. The molecule has 1 aromatic carbocycles. The maximum atomic E-state index is 13.5. The zero-order chi connectivity index (χ0) is 15.4. The number of hydrogen-bond acceptors (Lipinski definition) is 2. The predicted octanol–water partition coefficient (Wildman–Crippen LogP) is 2.99. The number of hydrogen-bond donors (Lipinski definition) is 1. The summed E-state index contributed by atoms with van der Waals surface area (Å²) in [4.78, 5) is 25.0. The molecule has 0 saturated carbocycles. The van der Waals surface area contributed by atoms with E-state index in [4.69, 9.17) is 5.11 Å². The van der Waals surface area contributed by atoms with Crippen LogP contribution in [0, 0.1) is 12.7 Å². The molecule has 5 heteroatoms. The Morgan fingerprint density at radius 3 is 2.76 bits per heavy atom. The molecule has 0 aliphatic carbocycles. The van der Waals surface area contributed by atoms with Gasteiger partial charge in [0.2, 0.25) is 0 Å². The number of rotatable bonds is 4. The molecule has 1 aromatic rings. The van der Waals surface area contributed by atoms with Gasteiger partial charge in [-0.15, -0.1) is 0 Å². The normalized spacial score (nSPS) is 18.6. The van der Waals surface area contributed by atoms with Gasteiger partial charge in [-0.2, -0.15) is 0 Å². The van der Waals surface area contributed by atoms with Crippen molar-refractivity contribution in [1.82, 2.24) is 4.90 Å². The van der Waals surface area contributed by atoms with Crippen molar-refractivity contribution in [2.24, 2.45) is 0 Å². The van der Waals surface area contributed by atoms with E-state index in [-0.39, 0.29) is 18.4 Å². The largest absolute Gasteiger partial charge is 0.481 e. The van der Waals surface area contributed by atoms with Crippen LogP contribution in [-0.2, 0) is 4.79 Å². The Bertz CT molecular complexity index is 524. The first-order valence-corrected chi connectivity index (χ1v) is 7.27. The first-order chi connectivity index (χ1) is 9.97. The van der Waals surface area contributed by atoms with Gasteiger partial charge in [0.25, 0.3) is 5.91 Å². The number of nitrogens with zero attached hydrogens (tertiary/aromatic N) is 1. The molecule has 2 rings (SSSR count). The number of carbonyl (C=O) groups is 2. The molecule has 1 unspecified atom stereocenters. The van der Waals surface area contributed by atoms with E-state index in [0.717, 1.165) is 19.3 Å². The Balaban J connectivity index is 2.15. The molecule has 1 saturated heterocycles. The number of carboxylic acids is 1. The van der Waals surface area contributed by atoms with E-state index in [2.05, 4.69) is 0 Å². The van der Waals surface area contributed by atoms with Crippen molar-refractivity contribution in [2.75, 3.05) is 6.54 Å². The molecule has 0 radical (unpaired) electrons. The van der Waals surface area contributed by atoms with Crippen LogP contribution in [0.2, 0.25) is 0 Å². The average Bonchev–Trinajstić information content (AvgIpc) is 2.43. The number of likely N-dealkylation sites (tertiary alicyclic amines) is 1. The molecule has 1 aliphatic heterocycles. The van der Waals surface area contributed by atoms with Gasteiger partial charge in [-0.1, -0.05) is 0 Å². The highest BCUT2D eigenvalue weighted by molar-refractivity contribution is 5.94. The van der Waals surface area contributed by atoms with Crippen LogP contribution in [-0.4, -0.2) is 34.5 Å². The first kappa shape index (κ1) is 15.5. The molecule has 0 bridgehead atoms. The second-order valence-corrected chi connectivity index (χ2v) is 5.60. The predicted molar refractivity (Wildman–Crippen MR) is 76.7 cm³/mol. The van der Waals surface area contributed by atoms with Gasteiger partial charge in [-0.05, 0) is 56.4 Å². The molecule has 1 heterocycles. The minimum Gasteiger partial charge on any atom is -0.481 e. The SMILES string of the molecule is Cc1cc(F)cc(C(=O)N2CCCCC2CCC(=O)O)c1. The molecule has 114 valence electrons. The summed E-state index contributed by atoms with van der Waals surface area (Å²) in [5.41, 5.74) is 1.05. The van der Waals surface area contributed by atoms with Crippen LogP contribution in [0.25, 0.3) is 0 Å². The lowest BCUT2D eigenvalue weighted by molar-refractivity contribution is -0.137. The molecule has 0 spiro atoms. The van der Waals surface area contributed by atoms with Crippen LogP contribution in [0.3, 0.4) is 0 Å². The highest BCUT2D eigenvalue weighted by Crippen LogP contribution is 2.23. The maximum absolute atomic E-state index is 13.5. The highest BCUT2D eigenvalue weighted by Gasteiger charge is 2.28. The van der Waals surface area contributed by atoms with E-state index in [9.17, 15) is 14.0 Å². The number of benzene rings is 1. The number of halogens is 1. The lowest BCUT2D eigenvalue weighted by Crippen LogP contribution is -2.44. The lowest BCUT2D eigenvalue weighted by Gasteiger charge is -2.35. The van der Waals surface area contributed by atoms with Gasteiger partial charge in [0.1, 0.15) is 5.82 Å². The summed E-state index contributed by atoms with van der Waals surface area (Å²) in [6.07, 6.45) is 3.22. The summed E-state index contributed by atoms with van der Waals surface area (Å²) in [5, 5.41) is 8.81. The van der Waals surface area contributed by atoms with E-state index in [1.54, 1.807) is 17.9 Å². The molecule has 1 amide bonds. The summed E-state index contributed by atoms with van der Waals surface area (Å²) < 4.78 is 13.5. The standard InChI is InChI=1S/C16H20FNO3/c1-11-8-12(10-13(17)9-11)16(21)18-7-3-2-4-14(18)5-6-15(19)20/h8-10,14H,2-7H2,1H3,(H,19,20). The smallest absolute Gasteiger partial charge is 0.303 e. The number of aryl methyl sites for hydroxylation is 1. The summed E-state index contributed by atoms with van der Waals surface area (Å²) in [6, 6.07) is 4.24. The third-order valence-corrected chi connectivity index (χ3v) is 3.87. The van der Waals surface area contributed by atoms with E-state index >= 15 is 0 Å². The van der Waals surface area contributed by atoms with Crippen LogP contribution < -0.4 is 0 Å². The summed E-state index contributed by atoms with van der Waals surface area (Å²) in [5.74, 6) is -1.47. The third-order valence-electron chi connectivity index (χ3n) is 3.87. The monoisotopic (exact) mass is 293 g/mol. The van der Waals surface area contributed by atoms with Crippen molar-refractivity contribution in [2.45, 2.75) is 45.1 Å². The molecule has 1 atom stereocenters. The van der Waals surface area contributed by atoms with Crippen molar-refractivity contribution >= 4 is 11.9 Å². The number of carbonyl (C=O) groups excluding carboxylic acids is 1. The molecule has 1 N–H and O–H groups in total. The van der Waals surface area contributed by atoms with Gasteiger partial charge in [0.15, 0.2) is 0 Å². The highest BCUT2D eigenvalue weighted by atomic mass is 19.1. The Hall–Kier alpha value is -1.91. The summed E-state index contributed by atoms with van der Waals surface area (Å²) >= 11 is 0. The van der Waals surface area contributed by atoms with Crippen LogP contribution >= 0.6 is 0 Å². The van der Waals surface area contributed by atoms with E-state index in [0.29, 0.717) is 24.1 Å². The van der Waals surface area contributed by atoms with E-state index in [1.165, 1.54) is 12.1 Å². The molecule has 1 aliphatic rings. The van der Waals surface area contributed by atoms with Crippen LogP contribution in [0.1, 0.15) is 48.0 Å². The Morgan fingerprint density at radius 1 is 1.33 bits per heavy atom. The minimum absolute atomic E-state index is 0.0522. The fraction of sp³-hybridized carbons (Fsp3) is 0.500. The average molecular weight is 293 g/mol. The molecule has 1 fully saturated rings. The molecule has 0 aromatic heterocycles. The van der Waals surface area contributed by atoms with Gasteiger partial charge in [-0.3, -0.25) is 9.59 Å². The first-order valence-electron chi connectivity index (χ1n) is 7.27. The van der Waals surface area contributed by atoms with E-state index in [1.807, 2.05) is 0 Å². The fourth-order valence-electron chi connectivity index (χ4n) is 2.88. The van der Waals surface area contributed by atoms with Gasteiger partial charge in [-0.25, -0.2) is 4.39 Å². The van der Waals surface area contributed by atoms with Crippen LogP contribution in [0.15, 0.2) is 18.2 Å². The zero-order valence-electron chi connectivity index (χ0n) is 12.1. The van der Waals surface area contributed by atoms with Gasteiger partial charge in [0, 0.05) is 24.6 Å². The van der Waals surface area contributed by atoms with Crippen molar-refractivity contribution < 1.29 is 19.1 Å². The van der Waals surface area contributed by atoms with Gasteiger partial charge in [0.05, 0.1) is 0 Å². The quantitative estimate of drug-likeness (QED) is 0.928. The topological polar surface area (TPSA) is 57.6 Å². The lowest BCUT2D eigenvalue weighted by atomic mass is 9.96. The van der Waals surface area contributed by atoms with Crippen molar-refractivity contribution in [3.05, 3.63) is 35.1 Å². The second-order valence-electron chi connectivity index (χ2n) is 5.60. The fourth-order valence-corrected chi connectivity index (χ4v) is 2.88. The zero-order valence-corrected chi connectivity index (χ0v) is 12.1. The number of carboxylic acid groups (broad SMARTS) is 1. The molecule has 21 heavy (non-hydrogen) atoms. The van der Waals surface area contributed by atoms with Crippen molar-refractivity contribution in [1.29, 1.82) is 0 Å². The molecular weight excluding hydrogens is 273 g/mol. The van der Waals surface area contributed by atoms with Crippen molar-refractivity contribution in [3.8, 4) is 0 Å². The number of aliphatic carboxylic acids is 1. The molecular formula is C16H20FNO3. The maximum Gasteiger partial charge on any atom is 0.303 e. The van der Waals surface area contributed by atoms with Crippen molar-refractivity contribution in [3.63, 3.8) is 0 Å². The Morgan fingerprint density at radius 2 is 2.10 bits per heavy atom. The van der Waals surface area contributed by atoms with Crippen LogP contribution in [0.5, 0.6) is 0 Å². The molecule has 4 nitrogen and oxygen atoms in total. The number of amides is 1. The summed E-state index contributed by atoms with van der Waals surface area (Å²) in [6.45, 7) is 2.36. The second kappa shape index (κ2) is 6.70. The van der Waals surface area contributed by atoms with Crippen LogP contribution in [0.4, 0.5) is 4.39 Å². The van der Waals surface area contributed by atoms with Gasteiger partial charge < -0.3 is 10.0 Å². The Kier molecular flexibility index (Phi) is 4.94.